The Bertz CT molecular complexity index is 1240. The summed E-state index contributed by atoms with van der Waals surface area (Å²) in [5, 5.41) is 11.5. The zero-order valence-electron chi connectivity index (χ0n) is 21.0. The Labute approximate surface area is 204 Å². The summed E-state index contributed by atoms with van der Waals surface area (Å²) in [6.07, 6.45) is 7.17. The van der Waals surface area contributed by atoms with E-state index in [1.54, 1.807) is 38.5 Å². The number of carbonyl (C=O) groups excluding carboxylic acids is 3. The first kappa shape index (κ1) is 22.8. The van der Waals surface area contributed by atoms with Gasteiger partial charge in [0.2, 0.25) is 5.78 Å². The molecule has 1 N–H and O–H groups in total. The molecule has 8 unspecified atom stereocenters. The Balaban J connectivity index is 1.62. The van der Waals surface area contributed by atoms with E-state index in [9.17, 15) is 19.5 Å². The molecule has 2 saturated carbocycles. The second-order valence-electron chi connectivity index (χ2n) is 12.3. The molecule has 1 spiro atoms. The van der Waals surface area contributed by atoms with Crippen molar-refractivity contribution in [2.24, 2.45) is 27.6 Å². The Morgan fingerprint density at radius 3 is 2.51 bits per heavy atom. The number of rotatable bonds is 2. The van der Waals surface area contributed by atoms with E-state index in [4.69, 9.17) is 13.9 Å². The van der Waals surface area contributed by atoms with Gasteiger partial charge >= 0.3 is 5.97 Å². The van der Waals surface area contributed by atoms with Gasteiger partial charge in [-0.2, -0.15) is 0 Å². The van der Waals surface area contributed by atoms with Crippen molar-refractivity contribution in [1.82, 2.24) is 0 Å². The van der Waals surface area contributed by atoms with Crippen LogP contribution in [0.5, 0.6) is 0 Å². The number of allylic oxidation sites excluding steroid dienone is 4. The number of aliphatic hydroxyl groups is 1. The minimum atomic E-state index is -1.17. The molecule has 4 aliphatic carbocycles. The van der Waals surface area contributed by atoms with Crippen LogP contribution in [-0.4, -0.2) is 40.5 Å². The monoisotopic (exact) mass is 480 g/mol. The van der Waals surface area contributed by atoms with Gasteiger partial charge in [0, 0.05) is 23.7 Å². The number of esters is 1. The summed E-state index contributed by atoms with van der Waals surface area (Å²) in [7, 11) is 0. The van der Waals surface area contributed by atoms with Crippen LogP contribution in [0.3, 0.4) is 0 Å². The molecule has 6 rings (SSSR count). The third-order valence-electron chi connectivity index (χ3n) is 10.4. The predicted molar refractivity (Wildman–Crippen MR) is 124 cm³/mol. The van der Waals surface area contributed by atoms with Gasteiger partial charge < -0.3 is 19.0 Å². The van der Waals surface area contributed by atoms with Gasteiger partial charge in [0.1, 0.15) is 11.7 Å². The molecule has 5 aliphatic rings. The van der Waals surface area contributed by atoms with Crippen molar-refractivity contribution in [3.63, 3.8) is 0 Å². The first-order valence-electron chi connectivity index (χ1n) is 12.4. The van der Waals surface area contributed by atoms with E-state index in [2.05, 4.69) is 6.92 Å². The Kier molecular flexibility index (Phi) is 4.14. The number of aliphatic hydroxyl groups excluding tert-OH is 1. The maximum Gasteiger partial charge on any atom is 0.302 e. The maximum atomic E-state index is 14.3. The van der Waals surface area contributed by atoms with E-state index < -0.39 is 51.0 Å². The van der Waals surface area contributed by atoms with Crippen LogP contribution < -0.4 is 0 Å². The molecular weight excluding hydrogens is 448 g/mol. The standard InChI is InChI=1S/C28H32O7/c1-14(29)34-17-12-26(5)16(15-8-10-33-13-15)11-19-28(26,35-19)27(6)21(17)25(4)9-7-18(30)24(2,3)22(25)20(31)23(27)32/h7-10,13,16-17,19,21,31H,11-12H2,1-6H3. The summed E-state index contributed by atoms with van der Waals surface area (Å²) in [5.41, 5.74) is -3.06. The molecule has 1 saturated heterocycles. The quantitative estimate of drug-likeness (QED) is 0.493. The van der Waals surface area contributed by atoms with E-state index in [0.717, 1.165) is 5.56 Å². The average molecular weight is 481 g/mol. The highest BCUT2D eigenvalue weighted by molar-refractivity contribution is 6.06. The van der Waals surface area contributed by atoms with Crippen molar-refractivity contribution in [3.8, 4) is 0 Å². The lowest BCUT2D eigenvalue weighted by atomic mass is 9.38. The summed E-state index contributed by atoms with van der Waals surface area (Å²) in [4.78, 5) is 39.6. The minimum absolute atomic E-state index is 0.0453. The van der Waals surface area contributed by atoms with Crippen molar-refractivity contribution in [2.45, 2.75) is 78.1 Å². The molecule has 3 fully saturated rings. The van der Waals surface area contributed by atoms with Crippen molar-refractivity contribution < 1.29 is 33.4 Å². The Hall–Kier alpha value is -2.67. The number of fused-ring (bicyclic) bond motifs is 3. The van der Waals surface area contributed by atoms with Crippen LogP contribution >= 0.6 is 0 Å². The number of epoxide rings is 1. The highest BCUT2D eigenvalue weighted by atomic mass is 16.6. The first-order chi connectivity index (χ1) is 16.3. The largest absolute Gasteiger partial charge is 0.504 e. The van der Waals surface area contributed by atoms with Crippen LogP contribution in [-0.2, 0) is 23.9 Å². The number of ether oxygens (including phenoxy) is 2. The summed E-state index contributed by atoms with van der Waals surface area (Å²) < 4.78 is 17.9. The molecular formula is C28H32O7. The topological polar surface area (TPSA) is 106 Å². The van der Waals surface area contributed by atoms with Crippen molar-refractivity contribution >= 4 is 17.5 Å². The van der Waals surface area contributed by atoms with E-state index >= 15 is 0 Å². The highest BCUT2D eigenvalue weighted by Gasteiger charge is 2.88. The molecule has 186 valence electrons. The molecule has 0 radical (unpaired) electrons. The smallest absolute Gasteiger partial charge is 0.302 e. The molecule has 0 bridgehead atoms. The van der Waals surface area contributed by atoms with Gasteiger partial charge in [0.15, 0.2) is 11.5 Å². The first-order valence-corrected chi connectivity index (χ1v) is 12.4. The molecule has 1 aliphatic heterocycles. The van der Waals surface area contributed by atoms with E-state index in [-0.39, 0.29) is 23.6 Å². The fraction of sp³-hybridized carbons (Fsp3) is 0.607. The normalized spacial score (nSPS) is 47.0. The lowest BCUT2D eigenvalue weighted by molar-refractivity contribution is -0.200. The number of carbonyl (C=O) groups is 3. The highest BCUT2D eigenvalue weighted by Crippen LogP contribution is 2.81. The van der Waals surface area contributed by atoms with Crippen LogP contribution in [0.15, 0.2) is 46.5 Å². The maximum absolute atomic E-state index is 14.3. The van der Waals surface area contributed by atoms with Crippen LogP contribution in [0.25, 0.3) is 0 Å². The minimum Gasteiger partial charge on any atom is -0.504 e. The van der Waals surface area contributed by atoms with E-state index in [1.165, 1.54) is 6.92 Å². The molecule has 7 nitrogen and oxygen atoms in total. The van der Waals surface area contributed by atoms with E-state index in [1.807, 2.05) is 19.9 Å². The van der Waals surface area contributed by atoms with Gasteiger partial charge in [0.05, 0.1) is 29.5 Å². The molecule has 35 heavy (non-hydrogen) atoms. The molecule has 7 heteroatoms. The summed E-state index contributed by atoms with van der Waals surface area (Å²) in [6.45, 7) is 10.8. The lowest BCUT2D eigenvalue weighted by Crippen LogP contribution is -2.70. The fourth-order valence-corrected chi connectivity index (χ4v) is 9.22. The lowest BCUT2D eigenvalue weighted by Gasteiger charge is -2.64. The SMILES string of the molecule is CC(=O)OC1CC2(C)C(c3ccoc3)CC3OC32C2(C)C(=O)C(O)=C3C(C)(C)C(=O)C=CC3(C)C12. The van der Waals surface area contributed by atoms with Crippen molar-refractivity contribution in [3.05, 3.63) is 47.6 Å². The Morgan fingerprint density at radius 2 is 1.89 bits per heavy atom. The third kappa shape index (κ3) is 2.30. The van der Waals surface area contributed by atoms with Gasteiger partial charge in [-0.1, -0.05) is 19.9 Å². The van der Waals surface area contributed by atoms with E-state index in [0.29, 0.717) is 18.4 Å². The molecule has 1 aromatic rings. The van der Waals surface area contributed by atoms with Crippen LogP contribution in [0.4, 0.5) is 0 Å². The zero-order chi connectivity index (χ0) is 25.3. The molecule has 8 atom stereocenters. The van der Waals surface area contributed by atoms with Gasteiger partial charge in [0.25, 0.3) is 0 Å². The number of hydrogen-bond acceptors (Lipinski definition) is 7. The van der Waals surface area contributed by atoms with Gasteiger partial charge in [-0.3, -0.25) is 14.4 Å². The summed E-state index contributed by atoms with van der Waals surface area (Å²) in [6, 6.07) is 1.95. The number of ketones is 2. The van der Waals surface area contributed by atoms with Crippen LogP contribution in [0.2, 0.25) is 0 Å². The van der Waals surface area contributed by atoms with Crippen molar-refractivity contribution in [1.29, 1.82) is 0 Å². The third-order valence-corrected chi connectivity index (χ3v) is 10.4. The molecule has 2 heterocycles. The summed E-state index contributed by atoms with van der Waals surface area (Å²) >= 11 is 0. The van der Waals surface area contributed by atoms with Crippen LogP contribution in [0.1, 0.15) is 65.9 Å². The zero-order valence-corrected chi connectivity index (χ0v) is 21.0. The summed E-state index contributed by atoms with van der Waals surface area (Å²) in [5.74, 6) is -1.84. The van der Waals surface area contributed by atoms with Gasteiger partial charge in [-0.15, -0.1) is 0 Å². The number of hydrogen-bond donors (Lipinski definition) is 1. The average Bonchev–Trinajstić information content (AvgIpc) is 3.13. The second kappa shape index (κ2) is 6.36. The van der Waals surface area contributed by atoms with Gasteiger partial charge in [-0.25, -0.2) is 0 Å². The van der Waals surface area contributed by atoms with Gasteiger partial charge in [-0.05, 0) is 62.8 Å². The second-order valence-corrected chi connectivity index (χ2v) is 12.3. The molecule has 0 aromatic carbocycles. The number of furan rings is 1. The van der Waals surface area contributed by atoms with Crippen molar-refractivity contribution in [2.75, 3.05) is 0 Å². The predicted octanol–water partition coefficient (Wildman–Crippen LogP) is 4.43. The molecule has 1 aromatic heterocycles. The molecule has 0 amide bonds. The van der Waals surface area contributed by atoms with Crippen LogP contribution in [0, 0.1) is 27.6 Å². The number of Topliss-reactive ketones (excluding diaryl/α,β-unsaturated/α-hetero) is 1. The fourth-order valence-electron chi connectivity index (χ4n) is 9.22. The Morgan fingerprint density at radius 1 is 1.17 bits per heavy atom.